The van der Waals surface area contributed by atoms with Crippen LogP contribution in [0.4, 0.5) is 17.6 Å². The highest BCUT2D eigenvalue weighted by Gasteiger charge is 2.33. The summed E-state index contributed by atoms with van der Waals surface area (Å²) < 4.78 is 69.6. The predicted octanol–water partition coefficient (Wildman–Crippen LogP) is 6.39. The van der Waals surface area contributed by atoms with Crippen LogP contribution in [0.2, 0.25) is 0 Å². The number of ether oxygens (including phenoxy) is 2. The molecule has 2 nitrogen and oxygen atoms in total. The molecule has 1 unspecified atom stereocenters. The number of fused-ring (bicyclic) bond motifs is 3. The van der Waals surface area contributed by atoms with Gasteiger partial charge in [0.2, 0.25) is 5.82 Å². The number of rotatable bonds is 5. The van der Waals surface area contributed by atoms with Gasteiger partial charge >= 0.3 is 0 Å². The summed E-state index contributed by atoms with van der Waals surface area (Å²) in [4.78, 5) is 0. The van der Waals surface area contributed by atoms with Crippen LogP contribution in [-0.4, -0.2) is 13.2 Å². The lowest BCUT2D eigenvalue weighted by Gasteiger charge is -2.23. The molecule has 0 amide bonds. The Hall–Kier alpha value is -2.50. The first-order chi connectivity index (χ1) is 14.0. The Morgan fingerprint density at radius 1 is 0.966 bits per heavy atom. The third-order valence-electron chi connectivity index (χ3n) is 5.55. The largest absolute Gasteiger partial charge is 0.493 e. The second kappa shape index (κ2) is 7.73. The van der Waals surface area contributed by atoms with Gasteiger partial charge in [-0.25, -0.2) is 13.2 Å². The van der Waals surface area contributed by atoms with Gasteiger partial charge in [0.05, 0.1) is 18.8 Å². The zero-order chi connectivity index (χ0) is 20.7. The van der Waals surface area contributed by atoms with E-state index in [1.165, 1.54) is 12.1 Å². The maximum Gasteiger partial charge on any atom is 0.201 e. The van der Waals surface area contributed by atoms with Gasteiger partial charge in [-0.2, -0.15) is 4.39 Å². The second-order valence-corrected chi connectivity index (χ2v) is 7.50. The Kier molecular flexibility index (Phi) is 5.28. The van der Waals surface area contributed by atoms with Crippen molar-refractivity contribution in [2.24, 2.45) is 5.92 Å². The van der Waals surface area contributed by atoms with Gasteiger partial charge in [-0.3, -0.25) is 0 Å². The van der Waals surface area contributed by atoms with Gasteiger partial charge < -0.3 is 9.47 Å². The van der Waals surface area contributed by atoms with Gasteiger partial charge in [-0.05, 0) is 61.4 Å². The van der Waals surface area contributed by atoms with E-state index >= 15 is 0 Å². The van der Waals surface area contributed by atoms with Crippen molar-refractivity contribution in [1.29, 1.82) is 0 Å². The zero-order valence-electron chi connectivity index (χ0n) is 16.4. The molecule has 2 aromatic carbocycles. The van der Waals surface area contributed by atoms with E-state index in [0.29, 0.717) is 29.4 Å². The van der Waals surface area contributed by atoms with Gasteiger partial charge in [0.15, 0.2) is 23.2 Å². The van der Waals surface area contributed by atoms with Crippen LogP contribution in [-0.2, 0) is 11.2 Å². The molecule has 154 valence electrons. The van der Waals surface area contributed by atoms with Crippen molar-refractivity contribution in [3.8, 4) is 16.9 Å². The van der Waals surface area contributed by atoms with Crippen molar-refractivity contribution in [2.45, 2.75) is 39.5 Å². The Labute approximate surface area is 167 Å². The fourth-order valence-corrected chi connectivity index (χ4v) is 4.20. The first-order valence-electron chi connectivity index (χ1n) is 9.94. The minimum absolute atomic E-state index is 0.0231. The van der Waals surface area contributed by atoms with E-state index in [2.05, 4.69) is 6.92 Å². The quantitative estimate of drug-likeness (QED) is 0.457. The van der Waals surface area contributed by atoms with Gasteiger partial charge in [0.25, 0.3) is 0 Å². The molecular formula is C23H22F4O2. The Balaban J connectivity index is 1.77. The topological polar surface area (TPSA) is 18.5 Å². The highest BCUT2D eigenvalue weighted by atomic mass is 19.2. The molecule has 0 saturated carbocycles. The maximum absolute atomic E-state index is 15.0. The first-order valence-corrected chi connectivity index (χ1v) is 9.94. The standard InChI is InChI=1S/C23H22F4O2/c1-3-5-12-6-7-16(29-11-12)15-9-13-8-14-10-17(28-4-2)21(25)23(27)19(14)18(13)22(26)20(15)24/h7,9-10,12H,3-6,8,11H2,1-2H3. The van der Waals surface area contributed by atoms with Crippen LogP contribution in [0.25, 0.3) is 16.9 Å². The Morgan fingerprint density at radius 2 is 1.66 bits per heavy atom. The van der Waals surface area contributed by atoms with Crippen LogP contribution in [0, 0.1) is 29.2 Å². The zero-order valence-corrected chi connectivity index (χ0v) is 16.4. The number of hydrogen-bond acceptors (Lipinski definition) is 2. The number of benzene rings is 2. The SMILES string of the molecule is CCCC1CC=C(c2cc3c(c(F)c2F)-c2c(cc(OCC)c(F)c2F)C3)OC1. The molecule has 6 heteroatoms. The van der Waals surface area contributed by atoms with E-state index in [1.807, 2.05) is 0 Å². The van der Waals surface area contributed by atoms with E-state index in [1.54, 1.807) is 13.0 Å². The summed E-state index contributed by atoms with van der Waals surface area (Å²) in [5.74, 6) is -4.25. The molecule has 2 aliphatic rings. The average molecular weight is 406 g/mol. The van der Waals surface area contributed by atoms with Crippen LogP contribution in [0.1, 0.15) is 49.8 Å². The van der Waals surface area contributed by atoms with E-state index in [4.69, 9.17) is 9.47 Å². The number of hydrogen-bond donors (Lipinski definition) is 0. The Bertz CT molecular complexity index is 997. The van der Waals surface area contributed by atoms with Gasteiger partial charge in [-0.1, -0.05) is 13.3 Å². The van der Waals surface area contributed by atoms with Gasteiger partial charge in [-0.15, -0.1) is 0 Å². The van der Waals surface area contributed by atoms with Crippen LogP contribution in [0.15, 0.2) is 18.2 Å². The van der Waals surface area contributed by atoms with Crippen molar-refractivity contribution >= 4 is 5.76 Å². The van der Waals surface area contributed by atoms with Crippen molar-refractivity contribution < 1.29 is 27.0 Å². The second-order valence-electron chi connectivity index (χ2n) is 7.50. The average Bonchev–Trinajstić information content (AvgIpc) is 3.08. The molecular weight excluding hydrogens is 384 g/mol. The summed E-state index contributed by atoms with van der Waals surface area (Å²) in [6.45, 7) is 4.37. The molecule has 29 heavy (non-hydrogen) atoms. The molecule has 1 heterocycles. The normalized spacial score (nSPS) is 17.4. The van der Waals surface area contributed by atoms with E-state index in [-0.39, 0.29) is 35.5 Å². The van der Waals surface area contributed by atoms with Gasteiger partial charge in [0, 0.05) is 11.1 Å². The van der Waals surface area contributed by atoms with E-state index < -0.39 is 23.3 Å². The first kappa shape index (κ1) is 19.8. The van der Waals surface area contributed by atoms with E-state index in [9.17, 15) is 17.6 Å². The smallest absolute Gasteiger partial charge is 0.201 e. The molecule has 1 aliphatic carbocycles. The number of allylic oxidation sites excluding steroid dienone is 1. The molecule has 0 bridgehead atoms. The molecule has 0 spiro atoms. The molecule has 0 radical (unpaired) electrons. The monoisotopic (exact) mass is 406 g/mol. The predicted molar refractivity (Wildman–Crippen MR) is 103 cm³/mol. The third-order valence-corrected chi connectivity index (χ3v) is 5.55. The van der Waals surface area contributed by atoms with Crippen molar-refractivity contribution in [3.05, 3.63) is 58.2 Å². The summed E-state index contributed by atoms with van der Waals surface area (Å²) >= 11 is 0. The molecule has 2 aromatic rings. The lowest BCUT2D eigenvalue weighted by molar-refractivity contribution is 0.192. The Morgan fingerprint density at radius 3 is 2.28 bits per heavy atom. The summed E-state index contributed by atoms with van der Waals surface area (Å²) in [6.07, 6.45) is 4.72. The lowest BCUT2D eigenvalue weighted by atomic mass is 9.95. The minimum Gasteiger partial charge on any atom is -0.493 e. The highest BCUT2D eigenvalue weighted by molar-refractivity contribution is 5.81. The van der Waals surface area contributed by atoms with Crippen LogP contribution < -0.4 is 4.74 Å². The fourth-order valence-electron chi connectivity index (χ4n) is 4.20. The number of halogens is 4. The van der Waals surface area contributed by atoms with Crippen molar-refractivity contribution in [1.82, 2.24) is 0 Å². The minimum atomic E-state index is -1.22. The summed E-state index contributed by atoms with van der Waals surface area (Å²) in [5, 5.41) is 0. The molecule has 1 atom stereocenters. The summed E-state index contributed by atoms with van der Waals surface area (Å²) in [6, 6.07) is 2.84. The summed E-state index contributed by atoms with van der Waals surface area (Å²) in [7, 11) is 0. The highest BCUT2D eigenvalue weighted by Crippen LogP contribution is 2.45. The maximum atomic E-state index is 15.0. The van der Waals surface area contributed by atoms with Crippen LogP contribution in [0.3, 0.4) is 0 Å². The van der Waals surface area contributed by atoms with Crippen LogP contribution >= 0.6 is 0 Å². The molecule has 1 aliphatic heterocycles. The third kappa shape index (κ3) is 3.28. The molecule has 0 aromatic heterocycles. The molecule has 0 N–H and O–H groups in total. The summed E-state index contributed by atoms with van der Waals surface area (Å²) in [5.41, 5.74) is 0.349. The van der Waals surface area contributed by atoms with E-state index in [0.717, 1.165) is 19.3 Å². The molecule has 0 saturated heterocycles. The molecule has 4 rings (SSSR count). The van der Waals surface area contributed by atoms with Gasteiger partial charge in [0.1, 0.15) is 5.76 Å². The lowest BCUT2D eigenvalue weighted by Crippen LogP contribution is -2.14. The molecule has 0 fully saturated rings. The van der Waals surface area contributed by atoms with Crippen molar-refractivity contribution in [2.75, 3.05) is 13.2 Å². The van der Waals surface area contributed by atoms with Crippen molar-refractivity contribution in [3.63, 3.8) is 0 Å². The fraction of sp³-hybridized carbons (Fsp3) is 0.391. The van der Waals surface area contributed by atoms with Crippen LogP contribution in [0.5, 0.6) is 5.75 Å².